The maximum Gasteiger partial charge on any atom is 0.163 e. The first kappa shape index (κ1) is 16.3. The molecule has 3 nitrogen and oxygen atoms in total. The van der Waals surface area contributed by atoms with E-state index < -0.39 is 0 Å². The fourth-order valence-corrected chi connectivity index (χ4v) is 2.56. The maximum absolute atomic E-state index is 13.1. The van der Waals surface area contributed by atoms with E-state index in [1.165, 1.54) is 12.1 Å². The third-order valence-corrected chi connectivity index (χ3v) is 3.66. The lowest BCUT2D eigenvalue weighted by atomic mass is 9.91. The van der Waals surface area contributed by atoms with Gasteiger partial charge in [-0.1, -0.05) is 24.3 Å². The molecule has 22 heavy (non-hydrogen) atoms. The molecule has 0 heterocycles. The van der Waals surface area contributed by atoms with Crippen LogP contribution in [-0.2, 0) is 6.42 Å². The molecule has 0 spiro atoms. The number of rotatable bonds is 7. The Morgan fingerprint density at radius 1 is 1.14 bits per heavy atom. The third kappa shape index (κ3) is 3.77. The number of hydrogen-bond acceptors (Lipinski definition) is 3. The zero-order valence-electron chi connectivity index (χ0n) is 13.0. The average Bonchev–Trinajstić information content (AvgIpc) is 2.54. The lowest BCUT2D eigenvalue weighted by Crippen LogP contribution is -2.15. The number of benzene rings is 2. The zero-order chi connectivity index (χ0) is 15.9. The highest BCUT2D eigenvalue weighted by molar-refractivity contribution is 5.47. The van der Waals surface area contributed by atoms with Crippen LogP contribution in [0.1, 0.15) is 24.0 Å². The van der Waals surface area contributed by atoms with Crippen molar-refractivity contribution in [2.24, 2.45) is 5.73 Å². The minimum absolute atomic E-state index is 0.103. The number of para-hydroxylation sites is 1. The van der Waals surface area contributed by atoms with E-state index in [0.29, 0.717) is 19.6 Å². The molecule has 4 heteroatoms. The Hall–Kier alpha value is -2.07. The first-order chi connectivity index (χ1) is 10.7. The van der Waals surface area contributed by atoms with E-state index in [4.69, 9.17) is 15.2 Å². The molecular weight excluding hydrogens is 281 g/mol. The SMILES string of the molecule is CCOc1cccc(CC(CN)c2ccc(F)cc2)c1OC. The largest absolute Gasteiger partial charge is 0.493 e. The predicted octanol–water partition coefficient (Wildman–Crippen LogP) is 3.52. The van der Waals surface area contributed by atoms with E-state index in [0.717, 1.165) is 22.6 Å². The zero-order valence-corrected chi connectivity index (χ0v) is 13.0. The molecule has 0 aliphatic rings. The molecule has 0 radical (unpaired) electrons. The van der Waals surface area contributed by atoms with E-state index >= 15 is 0 Å². The average molecular weight is 303 g/mol. The van der Waals surface area contributed by atoms with Gasteiger partial charge in [0.15, 0.2) is 11.5 Å². The Morgan fingerprint density at radius 2 is 1.86 bits per heavy atom. The summed E-state index contributed by atoms with van der Waals surface area (Å²) in [5.41, 5.74) is 7.97. The highest BCUT2D eigenvalue weighted by Crippen LogP contribution is 2.34. The van der Waals surface area contributed by atoms with E-state index in [9.17, 15) is 4.39 Å². The van der Waals surface area contributed by atoms with Gasteiger partial charge in [-0.25, -0.2) is 4.39 Å². The Kier molecular flexibility index (Phi) is 5.78. The number of halogens is 1. The van der Waals surface area contributed by atoms with E-state index in [1.807, 2.05) is 25.1 Å². The van der Waals surface area contributed by atoms with Gasteiger partial charge in [0, 0.05) is 5.92 Å². The monoisotopic (exact) mass is 303 g/mol. The molecule has 0 aliphatic heterocycles. The van der Waals surface area contributed by atoms with Gasteiger partial charge in [-0.05, 0) is 49.2 Å². The summed E-state index contributed by atoms with van der Waals surface area (Å²) in [5, 5.41) is 0. The normalized spacial score (nSPS) is 12.0. The van der Waals surface area contributed by atoms with Crippen LogP contribution in [0.3, 0.4) is 0 Å². The summed E-state index contributed by atoms with van der Waals surface area (Å²) in [5.74, 6) is 1.34. The van der Waals surface area contributed by atoms with Gasteiger partial charge in [0.2, 0.25) is 0 Å². The van der Waals surface area contributed by atoms with Gasteiger partial charge < -0.3 is 15.2 Å². The number of ether oxygens (including phenoxy) is 2. The van der Waals surface area contributed by atoms with Crippen LogP contribution in [0.5, 0.6) is 11.5 Å². The lowest BCUT2D eigenvalue weighted by molar-refractivity contribution is 0.309. The van der Waals surface area contributed by atoms with Gasteiger partial charge >= 0.3 is 0 Å². The molecule has 0 amide bonds. The Morgan fingerprint density at radius 3 is 2.45 bits per heavy atom. The molecule has 0 bridgehead atoms. The highest BCUT2D eigenvalue weighted by atomic mass is 19.1. The van der Waals surface area contributed by atoms with Crippen molar-refractivity contribution in [1.29, 1.82) is 0 Å². The van der Waals surface area contributed by atoms with Crippen molar-refractivity contribution in [3.63, 3.8) is 0 Å². The maximum atomic E-state index is 13.1. The van der Waals surface area contributed by atoms with Crippen LogP contribution in [0.4, 0.5) is 4.39 Å². The van der Waals surface area contributed by atoms with E-state index in [2.05, 4.69) is 0 Å². The molecule has 2 aromatic rings. The summed E-state index contributed by atoms with van der Waals surface area (Å²) in [6.45, 7) is 3.00. The second kappa shape index (κ2) is 7.80. The van der Waals surface area contributed by atoms with Crippen LogP contribution in [0.25, 0.3) is 0 Å². The molecule has 0 aliphatic carbocycles. The molecule has 2 aromatic carbocycles. The fraction of sp³-hybridized carbons (Fsp3) is 0.333. The van der Waals surface area contributed by atoms with E-state index in [-0.39, 0.29) is 11.7 Å². The third-order valence-electron chi connectivity index (χ3n) is 3.66. The highest BCUT2D eigenvalue weighted by Gasteiger charge is 2.16. The second-order valence-corrected chi connectivity index (χ2v) is 5.07. The first-order valence-electron chi connectivity index (χ1n) is 7.43. The smallest absolute Gasteiger partial charge is 0.163 e. The molecule has 118 valence electrons. The number of methoxy groups -OCH3 is 1. The van der Waals surface area contributed by atoms with Crippen LogP contribution in [0, 0.1) is 5.82 Å². The predicted molar refractivity (Wildman–Crippen MR) is 86.1 cm³/mol. The van der Waals surface area contributed by atoms with Gasteiger partial charge in [0.05, 0.1) is 13.7 Å². The standard InChI is InChI=1S/C18H22FNO2/c1-3-22-17-6-4-5-14(18(17)21-2)11-15(12-20)13-7-9-16(19)10-8-13/h4-10,15H,3,11-12,20H2,1-2H3. The van der Waals surface area contributed by atoms with Gasteiger partial charge in [-0.15, -0.1) is 0 Å². The Bertz CT molecular complexity index is 599. The molecular formula is C18H22FNO2. The molecule has 1 unspecified atom stereocenters. The summed E-state index contributed by atoms with van der Waals surface area (Å²) in [6, 6.07) is 12.3. The molecule has 0 fully saturated rings. The topological polar surface area (TPSA) is 44.5 Å². The summed E-state index contributed by atoms with van der Waals surface area (Å²) in [7, 11) is 1.64. The van der Waals surface area contributed by atoms with Crippen molar-refractivity contribution >= 4 is 0 Å². The first-order valence-corrected chi connectivity index (χ1v) is 7.43. The molecule has 2 N–H and O–H groups in total. The van der Waals surface area contributed by atoms with Crippen molar-refractivity contribution in [2.45, 2.75) is 19.3 Å². The molecule has 0 saturated heterocycles. The molecule has 2 rings (SSSR count). The molecule has 0 aromatic heterocycles. The Labute approximate surface area is 130 Å². The lowest BCUT2D eigenvalue weighted by Gasteiger charge is -2.19. The summed E-state index contributed by atoms with van der Waals surface area (Å²) < 4.78 is 24.2. The summed E-state index contributed by atoms with van der Waals surface area (Å²) in [4.78, 5) is 0. The van der Waals surface area contributed by atoms with Crippen LogP contribution >= 0.6 is 0 Å². The summed E-state index contributed by atoms with van der Waals surface area (Å²) in [6.07, 6.45) is 0.715. The van der Waals surface area contributed by atoms with Gasteiger partial charge in [-0.3, -0.25) is 0 Å². The van der Waals surface area contributed by atoms with Gasteiger partial charge in [-0.2, -0.15) is 0 Å². The fourth-order valence-electron chi connectivity index (χ4n) is 2.56. The van der Waals surface area contributed by atoms with Crippen molar-refractivity contribution in [2.75, 3.05) is 20.3 Å². The second-order valence-electron chi connectivity index (χ2n) is 5.07. The minimum Gasteiger partial charge on any atom is -0.493 e. The Balaban J connectivity index is 2.27. The van der Waals surface area contributed by atoms with Crippen LogP contribution < -0.4 is 15.2 Å². The quantitative estimate of drug-likeness (QED) is 0.851. The minimum atomic E-state index is -0.240. The van der Waals surface area contributed by atoms with Crippen molar-refractivity contribution in [3.05, 3.63) is 59.4 Å². The number of hydrogen-bond donors (Lipinski definition) is 1. The van der Waals surface area contributed by atoms with Gasteiger partial charge in [0.25, 0.3) is 0 Å². The van der Waals surface area contributed by atoms with E-state index in [1.54, 1.807) is 19.2 Å². The van der Waals surface area contributed by atoms with Crippen molar-refractivity contribution < 1.29 is 13.9 Å². The van der Waals surface area contributed by atoms with Crippen molar-refractivity contribution in [1.82, 2.24) is 0 Å². The number of nitrogens with two attached hydrogens (primary N) is 1. The van der Waals surface area contributed by atoms with Crippen LogP contribution in [0.15, 0.2) is 42.5 Å². The van der Waals surface area contributed by atoms with Crippen molar-refractivity contribution in [3.8, 4) is 11.5 Å². The van der Waals surface area contributed by atoms with Crippen LogP contribution in [0.2, 0.25) is 0 Å². The summed E-state index contributed by atoms with van der Waals surface area (Å²) >= 11 is 0. The molecule has 1 atom stereocenters. The molecule has 0 saturated carbocycles. The van der Waals surface area contributed by atoms with Crippen LogP contribution in [-0.4, -0.2) is 20.3 Å². The van der Waals surface area contributed by atoms with Gasteiger partial charge in [0.1, 0.15) is 5.82 Å².